The standard InChI is InChI=1S/C15H22N4O/c16-9-11-8-10-4-1-2-5-12(10)18-15(11)19-7-3-6-13(19)14(17)20/h8,13H,1-7,9,16H2,(H2,17,20). The van der Waals surface area contributed by atoms with Crippen LogP contribution in [0.15, 0.2) is 6.07 Å². The molecule has 0 bridgehead atoms. The predicted molar refractivity (Wildman–Crippen MR) is 78.3 cm³/mol. The SMILES string of the molecule is NCc1cc2c(nc1N1CCCC1C(N)=O)CCCC2. The lowest BCUT2D eigenvalue weighted by Gasteiger charge is -2.27. The second-order valence-corrected chi connectivity index (χ2v) is 5.74. The van der Waals surface area contributed by atoms with E-state index in [0.717, 1.165) is 43.6 Å². The van der Waals surface area contributed by atoms with Gasteiger partial charge in [-0.25, -0.2) is 4.98 Å². The topological polar surface area (TPSA) is 85.2 Å². The minimum absolute atomic E-state index is 0.227. The molecule has 1 atom stereocenters. The first kappa shape index (κ1) is 13.4. The van der Waals surface area contributed by atoms with Crippen LogP contribution in [0.25, 0.3) is 0 Å². The Morgan fingerprint density at radius 2 is 2.15 bits per heavy atom. The molecule has 1 amide bonds. The fourth-order valence-corrected chi connectivity index (χ4v) is 3.39. The monoisotopic (exact) mass is 274 g/mol. The summed E-state index contributed by atoms with van der Waals surface area (Å²) in [5.41, 5.74) is 15.0. The van der Waals surface area contributed by atoms with Crippen LogP contribution in [-0.2, 0) is 24.2 Å². The molecule has 1 aliphatic carbocycles. The molecule has 1 fully saturated rings. The molecule has 1 saturated heterocycles. The van der Waals surface area contributed by atoms with Gasteiger partial charge in [0, 0.05) is 24.3 Å². The molecule has 0 aromatic carbocycles. The smallest absolute Gasteiger partial charge is 0.240 e. The third kappa shape index (κ3) is 2.26. The Hall–Kier alpha value is -1.62. The molecule has 2 aliphatic rings. The molecule has 5 heteroatoms. The Morgan fingerprint density at radius 3 is 2.90 bits per heavy atom. The van der Waals surface area contributed by atoms with Crippen molar-refractivity contribution in [3.8, 4) is 0 Å². The van der Waals surface area contributed by atoms with Gasteiger partial charge in [-0.2, -0.15) is 0 Å². The van der Waals surface area contributed by atoms with Crippen molar-refractivity contribution in [3.63, 3.8) is 0 Å². The van der Waals surface area contributed by atoms with E-state index < -0.39 is 0 Å². The molecule has 5 nitrogen and oxygen atoms in total. The van der Waals surface area contributed by atoms with Crippen molar-refractivity contribution in [2.24, 2.45) is 11.5 Å². The molecule has 1 unspecified atom stereocenters. The maximum absolute atomic E-state index is 11.6. The van der Waals surface area contributed by atoms with Gasteiger partial charge in [-0.1, -0.05) is 0 Å². The molecule has 1 aliphatic heterocycles. The second kappa shape index (κ2) is 5.40. The number of fused-ring (bicyclic) bond motifs is 1. The average Bonchev–Trinajstić information content (AvgIpc) is 2.95. The molecule has 3 rings (SSSR count). The minimum atomic E-state index is -0.259. The van der Waals surface area contributed by atoms with Gasteiger partial charge in [0.1, 0.15) is 11.9 Å². The molecule has 4 N–H and O–H groups in total. The van der Waals surface area contributed by atoms with Gasteiger partial charge in [-0.3, -0.25) is 4.79 Å². The normalized spacial score (nSPS) is 21.9. The lowest BCUT2D eigenvalue weighted by atomic mass is 9.94. The summed E-state index contributed by atoms with van der Waals surface area (Å²) in [6, 6.07) is 1.96. The van der Waals surface area contributed by atoms with Crippen LogP contribution in [0.2, 0.25) is 0 Å². The predicted octanol–water partition coefficient (Wildman–Crippen LogP) is 0.873. The zero-order valence-electron chi connectivity index (χ0n) is 11.8. The quantitative estimate of drug-likeness (QED) is 0.856. The van der Waals surface area contributed by atoms with Gasteiger partial charge < -0.3 is 16.4 Å². The molecule has 108 valence electrons. The molecule has 1 aromatic rings. The average molecular weight is 274 g/mol. The van der Waals surface area contributed by atoms with E-state index in [-0.39, 0.29) is 11.9 Å². The molecule has 1 aromatic heterocycles. The summed E-state index contributed by atoms with van der Waals surface area (Å²) in [6.07, 6.45) is 6.35. The number of aromatic nitrogens is 1. The van der Waals surface area contributed by atoms with Crippen LogP contribution < -0.4 is 16.4 Å². The van der Waals surface area contributed by atoms with Gasteiger partial charge in [0.05, 0.1) is 0 Å². The van der Waals surface area contributed by atoms with Gasteiger partial charge in [0.2, 0.25) is 5.91 Å². The van der Waals surface area contributed by atoms with E-state index in [1.807, 2.05) is 0 Å². The van der Waals surface area contributed by atoms with Gasteiger partial charge in [0.25, 0.3) is 0 Å². The number of rotatable bonds is 3. The largest absolute Gasteiger partial charge is 0.368 e. The molecule has 2 heterocycles. The number of hydrogen-bond acceptors (Lipinski definition) is 4. The van der Waals surface area contributed by atoms with Crippen LogP contribution in [0.4, 0.5) is 5.82 Å². The third-order valence-electron chi connectivity index (χ3n) is 4.43. The van der Waals surface area contributed by atoms with Crippen LogP contribution in [0.3, 0.4) is 0 Å². The zero-order chi connectivity index (χ0) is 14.1. The highest BCUT2D eigenvalue weighted by atomic mass is 16.1. The number of nitrogens with two attached hydrogens (primary N) is 2. The van der Waals surface area contributed by atoms with Crippen LogP contribution in [-0.4, -0.2) is 23.5 Å². The van der Waals surface area contributed by atoms with Crippen molar-refractivity contribution in [2.45, 2.75) is 51.1 Å². The number of amides is 1. The number of primary amides is 1. The van der Waals surface area contributed by atoms with Gasteiger partial charge >= 0.3 is 0 Å². The lowest BCUT2D eigenvalue weighted by molar-refractivity contribution is -0.119. The number of hydrogen-bond donors (Lipinski definition) is 2. The van der Waals surface area contributed by atoms with Crippen LogP contribution in [0, 0.1) is 0 Å². The third-order valence-corrected chi connectivity index (χ3v) is 4.43. The van der Waals surface area contributed by atoms with E-state index in [2.05, 4.69) is 11.0 Å². The van der Waals surface area contributed by atoms with E-state index >= 15 is 0 Å². The van der Waals surface area contributed by atoms with Crippen molar-refractivity contribution in [1.29, 1.82) is 0 Å². The first-order valence-electron chi connectivity index (χ1n) is 7.48. The van der Waals surface area contributed by atoms with Gasteiger partial charge in [-0.15, -0.1) is 0 Å². The minimum Gasteiger partial charge on any atom is -0.368 e. The molecule has 0 saturated carbocycles. The van der Waals surface area contributed by atoms with Crippen LogP contribution in [0.1, 0.15) is 42.5 Å². The van der Waals surface area contributed by atoms with E-state index in [0.29, 0.717) is 6.54 Å². The maximum Gasteiger partial charge on any atom is 0.240 e. The van der Waals surface area contributed by atoms with Crippen LogP contribution >= 0.6 is 0 Å². The lowest BCUT2D eigenvalue weighted by Crippen LogP contribution is -2.41. The summed E-state index contributed by atoms with van der Waals surface area (Å²) < 4.78 is 0. The van der Waals surface area contributed by atoms with Crippen molar-refractivity contribution in [1.82, 2.24) is 4.98 Å². The Balaban J connectivity index is 2.01. The Morgan fingerprint density at radius 1 is 1.35 bits per heavy atom. The molecule has 20 heavy (non-hydrogen) atoms. The summed E-state index contributed by atoms with van der Waals surface area (Å²) >= 11 is 0. The van der Waals surface area contributed by atoms with E-state index in [1.54, 1.807) is 0 Å². The number of anilines is 1. The first-order valence-corrected chi connectivity index (χ1v) is 7.48. The van der Waals surface area contributed by atoms with Gasteiger partial charge in [-0.05, 0) is 50.2 Å². The van der Waals surface area contributed by atoms with Crippen molar-refractivity contribution < 1.29 is 4.79 Å². The van der Waals surface area contributed by atoms with E-state index in [9.17, 15) is 4.79 Å². The number of nitrogens with zero attached hydrogens (tertiary/aromatic N) is 2. The molecular formula is C15H22N4O. The van der Waals surface area contributed by atoms with E-state index in [4.69, 9.17) is 16.5 Å². The molecule has 0 spiro atoms. The first-order chi connectivity index (χ1) is 9.70. The van der Waals surface area contributed by atoms with Crippen molar-refractivity contribution in [2.75, 3.05) is 11.4 Å². The number of pyridine rings is 1. The summed E-state index contributed by atoms with van der Waals surface area (Å²) in [6.45, 7) is 1.30. The number of aryl methyl sites for hydroxylation is 2. The summed E-state index contributed by atoms with van der Waals surface area (Å²) in [5.74, 6) is 0.624. The van der Waals surface area contributed by atoms with Crippen molar-refractivity contribution >= 4 is 11.7 Å². The summed E-state index contributed by atoms with van der Waals surface area (Å²) in [4.78, 5) is 18.5. The molecule has 0 radical (unpaired) electrons. The van der Waals surface area contributed by atoms with Crippen LogP contribution in [0.5, 0.6) is 0 Å². The van der Waals surface area contributed by atoms with E-state index in [1.165, 1.54) is 24.1 Å². The van der Waals surface area contributed by atoms with Gasteiger partial charge in [0.15, 0.2) is 0 Å². The fourth-order valence-electron chi connectivity index (χ4n) is 3.39. The highest BCUT2D eigenvalue weighted by molar-refractivity contribution is 5.84. The Kier molecular flexibility index (Phi) is 3.61. The Labute approximate surface area is 119 Å². The zero-order valence-corrected chi connectivity index (χ0v) is 11.8. The number of carbonyl (C=O) groups is 1. The summed E-state index contributed by atoms with van der Waals surface area (Å²) in [5, 5.41) is 0. The highest BCUT2D eigenvalue weighted by Crippen LogP contribution is 2.30. The van der Waals surface area contributed by atoms with Crippen molar-refractivity contribution in [3.05, 3.63) is 22.9 Å². The summed E-state index contributed by atoms with van der Waals surface area (Å²) in [7, 11) is 0. The fraction of sp³-hybridized carbons (Fsp3) is 0.600. The number of carbonyl (C=O) groups excluding carboxylic acids is 1. The maximum atomic E-state index is 11.6. The second-order valence-electron chi connectivity index (χ2n) is 5.74. The molecular weight excluding hydrogens is 252 g/mol. The highest BCUT2D eigenvalue weighted by Gasteiger charge is 2.31. The Bertz CT molecular complexity index is 529.